The Morgan fingerprint density at radius 3 is 1.77 bits per heavy atom. The molecule has 0 aromatic heterocycles. The lowest BCUT2D eigenvalue weighted by Gasteiger charge is -1.95. The molecule has 0 N–H and O–H groups in total. The van der Waals surface area contributed by atoms with Crippen LogP contribution in [0.2, 0.25) is 0 Å². The van der Waals surface area contributed by atoms with E-state index in [-0.39, 0.29) is 12.8 Å². The van der Waals surface area contributed by atoms with Crippen molar-refractivity contribution in [1.82, 2.24) is 0 Å². The largest absolute Gasteiger partial charge is 0.393 e. The molecular weight excluding hydrogens is 284 g/mol. The summed E-state index contributed by atoms with van der Waals surface area (Å²) >= 11 is 0. The van der Waals surface area contributed by atoms with Crippen LogP contribution in [-0.4, -0.2) is 38.4 Å². The zero-order valence-corrected chi connectivity index (χ0v) is 14.0. The zero-order valence-electron chi connectivity index (χ0n) is 14.0. The van der Waals surface area contributed by atoms with Gasteiger partial charge >= 0.3 is 11.9 Å². The van der Waals surface area contributed by atoms with Crippen molar-refractivity contribution in [2.45, 2.75) is 46.0 Å². The maximum atomic E-state index is 10.0. The molecule has 0 bridgehead atoms. The lowest BCUT2D eigenvalue weighted by atomic mass is 10.4. The summed E-state index contributed by atoms with van der Waals surface area (Å²) in [5.41, 5.74) is 0. The van der Waals surface area contributed by atoms with Crippen LogP contribution < -0.4 is 0 Å². The molecule has 0 radical (unpaired) electrons. The van der Waals surface area contributed by atoms with Crippen molar-refractivity contribution >= 4 is 11.9 Å². The van der Waals surface area contributed by atoms with Gasteiger partial charge in [0.25, 0.3) is 0 Å². The standard InChI is InChI=1S/C7H14O.C6H12O.C4H4O3/c1-3-5-7-8-6-4-2;1-3-5-7-6-4-2;5-3-1-2-4(6)7-3/h4H,2-3,5-7H2,1H3;3H,1,4-6H2,2H3;1-2H2. The van der Waals surface area contributed by atoms with E-state index in [2.05, 4.69) is 31.7 Å². The summed E-state index contributed by atoms with van der Waals surface area (Å²) in [5.74, 6) is -0.796. The van der Waals surface area contributed by atoms with Crippen LogP contribution in [0.3, 0.4) is 0 Å². The predicted molar refractivity (Wildman–Crippen MR) is 87.6 cm³/mol. The summed E-state index contributed by atoms with van der Waals surface area (Å²) in [6.07, 6.45) is 7.52. The second kappa shape index (κ2) is 19.5. The lowest BCUT2D eigenvalue weighted by Crippen LogP contribution is -1.94. The number of esters is 2. The van der Waals surface area contributed by atoms with E-state index in [1.165, 1.54) is 6.42 Å². The first-order chi connectivity index (χ1) is 10.6. The third-order valence-electron chi connectivity index (χ3n) is 2.22. The van der Waals surface area contributed by atoms with Crippen LogP contribution in [0.5, 0.6) is 0 Å². The van der Waals surface area contributed by atoms with Gasteiger partial charge in [-0.05, 0) is 12.8 Å². The first-order valence-corrected chi connectivity index (χ1v) is 7.73. The fourth-order valence-electron chi connectivity index (χ4n) is 1.16. The quantitative estimate of drug-likeness (QED) is 0.282. The number of ether oxygens (including phenoxy) is 3. The monoisotopic (exact) mass is 314 g/mol. The van der Waals surface area contributed by atoms with Gasteiger partial charge in [0.15, 0.2) is 0 Å². The van der Waals surface area contributed by atoms with Crippen LogP contribution in [0, 0.1) is 0 Å². The summed E-state index contributed by atoms with van der Waals surface area (Å²) in [7, 11) is 0. The van der Waals surface area contributed by atoms with Gasteiger partial charge in [0.05, 0.1) is 26.1 Å². The maximum Gasteiger partial charge on any atom is 0.314 e. The van der Waals surface area contributed by atoms with E-state index in [0.29, 0.717) is 13.2 Å². The molecule has 0 saturated carbocycles. The Kier molecular flexibility index (Phi) is 20.3. The van der Waals surface area contributed by atoms with Gasteiger partial charge in [-0.3, -0.25) is 9.59 Å². The summed E-state index contributed by atoms with van der Waals surface area (Å²) in [6.45, 7) is 14.4. The highest BCUT2D eigenvalue weighted by molar-refractivity contribution is 5.92. The van der Waals surface area contributed by atoms with E-state index >= 15 is 0 Å². The molecule has 0 amide bonds. The highest BCUT2D eigenvalue weighted by atomic mass is 16.6. The highest BCUT2D eigenvalue weighted by Crippen LogP contribution is 2.03. The van der Waals surface area contributed by atoms with Crippen LogP contribution >= 0.6 is 0 Å². The molecule has 1 saturated heterocycles. The first-order valence-electron chi connectivity index (χ1n) is 7.73. The molecule has 5 heteroatoms. The topological polar surface area (TPSA) is 61.8 Å². The van der Waals surface area contributed by atoms with Crippen molar-refractivity contribution in [3.63, 3.8) is 0 Å². The van der Waals surface area contributed by atoms with E-state index in [9.17, 15) is 9.59 Å². The van der Waals surface area contributed by atoms with Crippen LogP contribution in [0.15, 0.2) is 25.3 Å². The zero-order chi connectivity index (χ0) is 17.1. The molecule has 0 aliphatic carbocycles. The average molecular weight is 314 g/mol. The predicted octanol–water partition coefficient (Wildman–Crippen LogP) is 3.44. The Balaban J connectivity index is 0. The SMILES string of the molecule is C=CCOCCC.C=CCOCCCC.O=C1CCC(=O)O1. The van der Waals surface area contributed by atoms with Gasteiger partial charge in [0, 0.05) is 13.2 Å². The van der Waals surface area contributed by atoms with Crippen molar-refractivity contribution in [1.29, 1.82) is 0 Å². The molecule has 0 aromatic carbocycles. The molecule has 5 nitrogen and oxygen atoms in total. The Morgan fingerprint density at radius 2 is 1.45 bits per heavy atom. The summed E-state index contributed by atoms with van der Waals surface area (Å²) in [5, 5.41) is 0. The third-order valence-corrected chi connectivity index (χ3v) is 2.22. The summed E-state index contributed by atoms with van der Waals surface area (Å²) in [6, 6.07) is 0. The highest BCUT2D eigenvalue weighted by Gasteiger charge is 2.19. The van der Waals surface area contributed by atoms with Crippen LogP contribution in [0.25, 0.3) is 0 Å². The van der Waals surface area contributed by atoms with Crippen LogP contribution in [0.4, 0.5) is 0 Å². The van der Waals surface area contributed by atoms with Gasteiger partial charge in [-0.2, -0.15) is 0 Å². The van der Waals surface area contributed by atoms with E-state index in [1.807, 2.05) is 0 Å². The molecule has 1 fully saturated rings. The van der Waals surface area contributed by atoms with Gasteiger partial charge in [0.1, 0.15) is 0 Å². The smallest absolute Gasteiger partial charge is 0.314 e. The Hall–Kier alpha value is -1.46. The molecule has 0 spiro atoms. The van der Waals surface area contributed by atoms with E-state index < -0.39 is 11.9 Å². The van der Waals surface area contributed by atoms with Gasteiger partial charge in [0.2, 0.25) is 0 Å². The van der Waals surface area contributed by atoms with Gasteiger partial charge in [-0.1, -0.05) is 32.4 Å². The molecule has 1 aliphatic heterocycles. The molecule has 128 valence electrons. The third kappa shape index (κ3) is 20.8. The second-order valence-electron chi connectivity index (χ2n) is 4.43. The van der Waals surface area contributed by atoms with Crippen molar-refractivity contribution in [2.75, 3.05) is 26.4 Å². The number of hydrogen-bond donors (Lipinski definition) is 0. The minimum absolute atomic E-state index is 0.263. The van der Waals surface area contributed by atoms with E-state index in [1.54, 1.807) is 12.2 Å². The Labute approximate surface area is 134 Å². The average Bonchev–Trinajstić information content (AvgIpc) is 2.89. The normalized spacial score (nSPS) is 12.5. The Bertz CT molecular complexity index is 285. The molecule has 1 heterocycles. The Morgan fingerprint density at radius 1 is 0.955 bits per heavy atom. The minimum Gasteiger partial charge on any atom is -0.393 e. The van der Waals surface area contributed by atoms with Crippen molar-refractivity contribution in [2.24, 2.45) is 0 Å². The molecule has 0 aromatic rings. The molecule has 22 heavy (non-hydrogen) atoms. The number of carbonyl (C=O) groups is 2. The summed E-state index contributed by atoms with van der Waals surface area (Å²) < 4.78 is 14.2. The number of carbonyl (C=O) groups excluding carboxylic acids is 2. The summed E-state index contributed by atoms with van der Waals surface area (Å²) in [4.78, 5) is 20.0. The number of hydrogen-bond acceptors (Lipinski definition) is 5. The fraction of sp³-hybridized carbons (Fsp3) is 0.647. The molecular formula is C17H30O5. The van der Waals surface area contributed by atoms with E-state index in [4.69, 9.17) is 9.47 Å². The first kappa shape index (κ1) is 22.8. The number of cyclic esters (lactones) is 2. The number of rotatable bonds is 9. The molecule has 1 rings (SSSR count). The fourth-order valence-corrected chi connectivity index (χ4v) is 1.16. The molecule has 0 atom stereocenters. The van der Waals surface area contributed by atoms with Crippen LogP contribution in [0.1, 0.15) is 46.0 Å². The van der Waals surface area contributed by atoms with E-state index in [0.717, 1.165) is 26.1 Å². The molecule has 1 aliphatic rings. The number of unbranched alkanes of at least 4 members (excludes halogenated alkanes) is 1. The van der Waals surface area contributed by atoms with Crippen molar-refractivity contribution < 1.29 is 23.8 Å². The van der Waals surface area contributed by atoms with Gasteiger partial charge in [-0.15, -0.1) is 13.2 Å². The van der Waals surface area contributed by atoms with Crippen molar-refractivity contribution in [3.05, 3.63) is 25.3 Å². The van der Waals surface area contributed by atoms with Gasteiger partial charge < -0.3 is 14.2 Å². The van der Waals surface area contributed by atoms with Gasteiger partial charge in [-0.25, -0.2) is 0 Å². The molecule has 0 unspecified atom stereocenters. The van der Waals surface area contributed by atoms with Crippen molar-refractivity contribution in [3.8, 4) is 0 Å². The second-order valence-corrected chi connectivity index (χ2v) is 4.43. The minimum atomic E-state index is -0.398. The maximum absolute atomic E-state index is 10.0. The lowest BCUT2D eigenvalue weighted by molar-refractivity contribution is -0.151. The van der Waals surface area contributed by atoms with Crippen LogP contribution in [-0.2, 0) is 23.8 Å².